The number of thiocarbonyl (C=S) groups is 1. The summed E-state index contributed by atoms with van der Waals surface area (Å²) >= 11 is 5.19. The molecule has 1 atom stereocenters. The Morgan fingerprint density at radius 1 is 1.40 bits per heavy atom. The number of nitrogens with zero attached hydrogens (tertiary/aromatic N) is 1. The van der Waals surface area contributed by atoms with Crippen LogP contribution in [0, 0.1) is 5.41 Å². The molecule has 0 saturated heterocycles. The Balaban J connectivity index is 1.89. The van der Waals surface area contributed by atoms with E-state index in [1.807, 2.05) is 0 Å². The molecule has 1 unspecified atom stereocenters. The fraction of sp³-hybridized carbons (Fsp3) is 0.867. The molecule has 2 fully saturated rings. The van der Waals surface area contributed by atoms with Gasteiger partial charge in [0.2, 0.25) is 5.91 Å². The second-order valence-electron chi connectivity index (χ2n) is 6.46. The number of hydrogen-bond donors (Lipinski definition) is 2. The number of nitrogens with one attached hydrogen (secondary N) is 1. The summed E-state index contributed by atoms with van der Waals surface area (Å²) in [5, 5.41) is 3.09. The van der Waals surface area contributed by atoms with E-state index in [9.17, 15) is 4.79 Å². The lowest BCUT2D eigenvalue weighted by atomic mass is 9.73. The van der Waals surface area contributed by atoms with E-state index in [-0.39, 0.29) is 5.91 Å². The second kappa shape index (κ2) is 6.39. The number of carbonyl (C=O) groups excluding carboxylic acids is 1. The van der Waals surface area contributed by atoms with Gasteiger partial charge < -0.3 is 11.1 Å². The van der Waals surface area contributed by atoms with E-state index in [0.717, 1.165) is 25.7 Å². The molecule has 4 nitrogen and oxygen atoms in total. The molecule has 2 saturated carbocycles. The first-order chi connectivity index (χ1) is 9.47. The Morgan fingerprint density at radius 3 is 2.50 bits per heavy atom. The van der Waals surface area contributed by atoms with Gasteiger partial charge in [-0.2, -0.15) is 0 Å². The summed E-state index contributed by atoms with van der Waals surface area (Å²) in [6.07, 6.45) is 7.45. The quantitative estimate of drug-likeness (QED) is 0.734. The van der Waals surface area contributed by atoms with Crippen LogP contribution in [0.15, 0.2) is 0 Å². The first-order valence-corrected chi connectivity index (χ1v) is 8.18. The molecule has 0 spiro atoms. The third-order valence-electron chi connectivity index (χ3n) is 4.99. The number of rotatable bonds is 6. The first kappa shape index (κ1) is 15.7. The molecule has 20 heavy (non-hydrogen) atoms. The average Bonchev–Trinajstić information content (AvgIpc) is 3.28. The molecule has 0 aromatic heterocycles. The van der Waals surface area contributed by atoms with Crippen LogP contribution in [0.25, 0.3) is 0 Å². The van der Waals surface area contributed by atoms with Crippen molar-refractivity contribution in [2.45, 2.75) is 64.0 Å². The highest BCUT2D eigenvalue weighted by atomic mass is 32.1. The van der Waals surface area contributed by atoms with Crippen LogP contribution in [0.3, 0.4) is 0 Å². The Labute approximate surface area is 127 Å². The zero-order chi connectivity index (χ0) is 14.8. The summed E-state index contributed by atoms with van der Waals surface area (Å²) in [5.41, 5.74) is 5.30. The van der Waals surface area contributed by atoms with Gasteiger partial charge in [0.15, 0.2) is 0 Å². The maximum absolute atomic E-state index is 12.6. The van der Waals surface area contributed by atoms with Gasteiger partial charge in [0.25, 0.3) is 0 Å². The summed E-state index contributed by atoms with van der Waals surface area (Å²) in [7, 11) is 2.14. The minimum atomic E-state index is -0.592. The van der Waals surface area contributed by atoms with Crippen LogP contribution in [-0.2, 0) is 4.79 Å². The van der Waals surface area contributed by atoms with Crippen molar-refractivity contribution in [2.75, 3.05) is 13.6 Å². The smallest absolute Gasteiger partial charge is 0.233 e. The topological polar surface area (TPSA) is 58.4 Å². The largest absolute Gasteiger partial charge is 0.392 e. The van der Waals surface area contributed by atoms with Crippen molar-refractivity contribution < 1.29 is 4.79 Å². The Morgan fingerprint density at radius 2 is 2.00 bits per heavy atom. The molecule has 2 aliphatic carbocycles. The fourth-order valence-corrected chi connectivity index (χ4v) is 3.43. The van der Waals surface area contributed by atoms with Crippen LogP contribution < -0.4 is 11.1 Å². The van der Waals surface area contributed by atoms with Crippen LogP contribution in [0.2, 0.25) is 0 Å². The highest BCUT2D eigenvalue weighted by Crippen LogP contribution is 2.37. The van der Waals surface area contributed by atoms with E-state index in [4.69, 9.17) is 18.0 Å². The van der Waals surface area contributed by atoms with Crippen molar-refractivity contribution in [3.8, 4) is 0 Å². The third kappa shape index (κ3) is 3.31. The van der Waals surface area contributed by atoms with Gasteiger partial charge in [-0.25, -0.2) is 0 Å². The highest BCUT2D eigenvalue weighted by Gasteiger charge is 2.42. The lowest BCUT2D eigenvalue weighted by Crippen LogP contribution is -2.52. The van der Waals surface area contributed by atoms with Gasteiger partial charge in [0, 0.05) is 18.6 Å². The number of nitrogens with two attached hydrogens (primary N) is 1. The molecule has 0 bridgehead atoms. The first-order valence-electron chi connectivity index (χ1n) is 7.77. The molecule has 2 aliphatic rings. The minimum absolute atomic E-state index is 0.0424. The summed E-state index contributed by atoms with van der Waals surface area (Å²) in [4.78, 5) is 15.3. The SMILES string of the molecule is CC(CNC(=O)C1(C(N)=S)CCCCC1)N(C)C1CC1. The molecular formula is C15H27N3OS. The fourth-order valence-electron chi connectivity index (χ4n) is 3.14. The van der Waals surface area contributed by atoms with Crippen molar-refractivity contribution in [2.24, 2.45) is 11.1 Å². The molecule has 0 aliphatic heterocycles. The molecule has 1 amide bonds. The van der Waals surface area contributed by atoms with Crippen LogP contribution in [0.5, 0.6) is 0 Å². The Kier molecular flexibility index (Phi) is 5.02. The van der Waals surface area contributed by atoms with E-state index in [1.54, 1.807) is 0 Å². The van der Waals surface area contributed by atoms with Crippen LogP contribution in [0.1, 0.15) is 51.9 Å². The van der Waals surface area contributed by atoms with Crippen molar-refractivity contribution in [1.29, 1.82) is 0 Å². The van der Waals surface area contributed by atoms with Gasteiger partial charge in [0.05, 0.1) is 10.4 Å². The monoisotopic (exact) mass is 297 g/mol. The van der Waals surface area contributed by atoms with E-state index in [2.05, 4.69) is 24.2 Å². The molecule has 2 rings (SSSR count). The maximum Gasteiger partial charge on any atom is 0.233 e. The van der Waals surface area contributed by atoms with E-state index in [0.29, 0.717) is 23.6 Å². The van der Waals surface area contributed by atoms with Gasteiger partial charge in [-0.15, -0.1) is 0 Å². The third-order valence-corrected chi connectivity index (χ3v) is 5.38. The number of hydrogen-bond acceptors (Lipinski definition) is 3. The predicted molar refractivity (Wildman–Crippen MR) is 85.6 cm³/mol. The summed E-state index contributed by atoms with van der Waals surface area (Å²) < 4.78 is 0. The lowest BCUT2D eigenvalue weighted by molar-refractivity contribution is -0.129. The number of carbonyl (C=O) groups is 1. The zero-order valence-corrected chi connectivity index (χ0v) is 13.5. The van der Waals surface area contributed by atoms with E-state index >= 15 is 0 Å². The van der Waals surface area contributed by atoms with Crippen LogP contribution in [-0.4, -0.2) is 41.5 Å². The van der Waals surface area contributed by atoms with Gasteiger partial charge in [0.1, 0.15) is 0 Å². The summed E-state index contributed by atoms with van der Waals surface area (Å²) in [5.74, 6) is 0.0424. The van der Waals surface area contributed by atoms with E-state index < -0.39 is 5.41 Å². The zero-order valence-electron chi connectivity index (χ0n) is 12.7. The standard InChI is InChI=1S/C15H27N3OS/c1-11(18(2)12-6-7-12)10-17-14(19)15(13(16)20)8-4-3-5-9-15/h11-12H,3-10H2,1-2H3,(H2,16,20)(H,17,19). The van der Waals surface area contributed by atoms with Gasteiger partial charge in [-0.3, -0.25) is 9.69 Å². The maximum atomic E-state index is 12.6. The van der Waals surface area contributed by atoms with Crippen molar-refractivity contribution >= 4 is 23.1 Å². The van der Waals surface area contributed by atoms with Crippen molar-refractivity contribution in [3.63, 3.8) is 0 Å². The molecular weight excluding hydrogens is 270 g/mol. The van der Waals surface area contributed by atoms with Crippen molar-refractivity contribution in [1.82, 2.24) is 10.2 Å². The van der Waals surface area contributed by atoms with Crippen LogP contribution >= 0.6 is 12.2 Å². The summed E-state index contributed by atoms with van der Waals surface area (Å²) in [6, 6.07) is 1.07. The Bertz CT molecular complexity index is 375. The molecule has 0 heterocycles. The highest BCUT2D eigenvalue weighted by molar-refractivity contribution is 7.80. The molecule has 3 N–H and O–H groups in total. The summed E-state index contributed by atoms with van der Waals surface area (Å²) in [6.45, 7) is 2.84. The number of likely N-dealkylation sites (N-methyl/N-ethyl adjacent to an activating group) is 1. The minimum Gasteiger partial charge on any atom is -0.392 e. The second-order valence-corrected chi connectivity index (χ2v) is 6.90. The van der Waals surface area contributed by atoms with Gasteiger partial charge >= 0.3 is 0 Å². The predicted octanol–water partition coefficient (Wildman–Crippen LogP) is 1.82. The molecule has 0 radical (unpaired) electrons. The lowest BCUT2D eigenvalue weighted by Gasteiger charge is -2.35. The number of amides is 1. The van der Waals surface area contributed by atoms with Gasteiger partial charge in [-0.1, -0.05) is 31.5 Å². The Hall–Kier alpha value is -0.680. The van der Waals surface area contributed by atoms with E-state index in [1.165, 1.54) is 19.3 Å². The van der Waals surface area contributed by atoms with Gasteiger partial charge in [-0.05, 0) is 39.7 Å². The average molecular weight is 297 g/mol. The molecule has 5 heteroatoms. The normalized spacial score (nSPS) is 23.4. The van der Waals surface area contributed by atoms with Crippen LogP contribution in [0.4, 0.5) is 0 Å². The van der Waals surface area contributed by atoms with Crippen molar-refractivity contribution in [3.05, 3.63) is 0 Å². The molecule has 114 valence electrons. The molecule has 0 aromatic rings. The molecule has 0 aromatic carbocycles.